The molecule has 62 heavy (non-hydrogen) atoms. The standard InChI is InChI=1S/C24H15F6N5O.C17H11F3N4O2/c25-23(26,27)15-3-1-4-16(12-15)34-22(36)14-6-7-18(24(28,29)30)20(11-14)35-21-17(5-2-9-32-21)19-8-10-31-13-33-19;18-17(19,20)12-4-3-10(16(25)26)8-14(12)24-15-11(2-1-6-22-15)13-5-7-21-9-23-13/h1-13H,(H,32,35)(H,34,36);1-9H,(H,22,24)(H,25,26). The number of carboxylic acid groups (broad SMARTS) is 1. The van der Waals surface area contributed by atoms with E-state index < -0.39 is 58.5 Å². The van der Waals surface area contributed by atoms with Gasteiger partial charge in [-0.2, -0.15) is 39.5 Å². The highest BCUT2D eigenvalue weighted by Crippen LogP contribution is 2.40. The number of nitrogens with zero attached hydrogens (tertiary/aromatic N) is 6. The van der Waals surface area contributed by atoms with Gasteiger partial charge in [0, 0.05) is 47.2 Å². The number of carbonyl (C=O) groups excluding carboxylic acids is 1. The van der Waals surface area contributed by atoms with E-state index in [0.29, 0.717) is 28.6 Å². The SMILES string of the molecule is O=C(Nc1cccc(C(F)(F)F)c1)c1ccc(C(F)(F)F)c(Nc2ncccc2-c2ccncn2)c1.O=C(O)c1ccc(C(F)(F)F)c(Nc2ncccc2-c2ccncn2)c1. The summed E-state index contributed by atoms with van der Waals surface area (Å²) in [6, 6.07) is 18.6. The minimum Gasteiger partial charge on any atom is -0.478 e. The molecule has 12 nitrogen and oxygen atoms in total. The lowest BCUT2D eigenvalue weighted by Gasteiger charge is -2.17. The highest BCUT2D eigenvalue weighted by atomic mass is 19.4. The smallest absolute Gasteiger partial charge is 0.418 e. The molecule has 0 bridgehead atoms. The summed E-state index contributed by atoms with van der Waals surface area (Å²) in [6.45, 7) is 0. The molecular weight excluding hydrogens is 837 g/mol. The van der Waals surface area contributed by atoms with Gasteiger partial charge in [-0.3, -0.25) is 4.79 Å². The number of rotatable bonds is 9. The summed E-state index contributed by atoms with van der Waals surface area (Å²) in [5.41, 5.74) is -2.93. The van der Waals surface area contributed by atoms with Gasteiger partial charge >= 0.3 is 24.5 Å². The molecule has 4 heterocycles. The largest absolute Gasteiger partial charge is 0.478 e. The van der Waals surface area contributed by atoms with Crippen molar-refractivity contribution in [1.29, 1.82) is 0 Å². The molecule has 7 rings (SSSR count). The number of hydrogen-bond donors (Lipinski definition) is 4. The van der Waals surface area contributed by atoms with Crippen molar-refractivity contribution in [2.45, 2.75) is 18.5 Å². The summed E-state index contributed by atoms with van der Waals surface area (Å²) < 4.78 is 120. The maximum Gasteiger partial charge on any atom is 0.418 e. The number of benzene rings is 3. The van der Waals surface area contributed by atoms with Crippen LogP contribution in [0, 0.1) is 0 Å². The molecule has 0 radical (unpaired) electrons. The molecule has 1 amide bonds. The van der Waals surface area contributed by atoms with E-state index >= 15 is 0 Å². The first kappa shape index (κ1) is 43.6. The van der Waals surface area contributed by atoms with E-state index in [4.69, 9.17) is 5.11 Å². The van der Waals surface area contributed by atoms with E-state index in [2.05, 4.69) is 45.9 Å². The van der Waals surface area contributed by atoms with Crippen molar-refractivity contribution >= 4 is 40.6 Å². The Labute approximate surface area is 343 Å². The van der Waals surface area contributed by atoms with Crippen molar-refractivity contribution in [2.75, 3.05) is 16.0 Å². The van der Waals surface area contributed by atoms with E-state index in [1.165, 1.54) is 43.5 Å². The van der Waals surface area contributed by atoms with E-state index in [-0.39, 0.29) is 28.5 Å². The van der Waals surface area contributed by atoms with Gasteiger partial charge in [0.1, 0.15) is 24.3 Å². The maximum atomic E-state index is 13.7. The molecule has 0 fully saturated rings. The monoisotopic (exact) mass is 863 g/mol. The first-order chi connectivity index (χ1) is 29.4. The van der Waals surface area contributed by atoms with Gasteiger partial charge in [0.15, 0.2) is 0 Å². The fourth-order valence-electron chi connectivity index (χ4n) is 5.62. The second kappa shape index (κ2) is 18.1. The van der Waals surface area contributed by atoms with Gasteiger partial charge in [-0.05, 0) is 91.0 Å². The van der Waals surface area contributed by atoms with Crippen molar-refractivity contribution in [3.05, 3.63) is 162 Å². The van der Waals surface area contributed by atoms with Gasteiger partial charge < -0.3 is 21.1 Å². The van der Waals surface area contributed by atoms with Crippen LogP contribution in [0.25, 0.3) is 22.5 Å². The average Bonchev–Trinajstić information content (AvgIpc) is 3.24. The van der Waals surface area contributed by atoms with Crippen LogP contribution in [0.2, 0.25) is 0 Å². The Morgan fingerprint density at radius 3 is 1.47 bits per heavy atom. The van der Waals surface area contributed by atoms with E-state index in [1.54, 1.807) is 36.4 Å². The van der Waals surface area contributed by atoms with E-state index in [0.717, 1.165) is 48.5 Å². The predicted octanol–water partition coefficient (Wildman–Crippen LogP) is 10.6. The Kier molecular flexibility index (Phi) is 12.7. The van der Waals surface area contributed by atoms with Crippen LogP contribution in [0.15, 0.2) is 135 Å². The Morgan fingerprint density at radius 2 is 1.02 bits per heavy atom. The highest BCUT2D eigenvalue weighted by molar-refractivity contribution is 6.05. The minimum atomic E-state index is -4.78. The van der Waals surface area contributed by atoms with Crippen LogP contribution in [0.5, 0.6) is 0 Å². The van der Waals surface area contributed by atoms with E-state index in [1.807, 2.05) is 0 Å². The lowest BCUT2D eigenvalue weighted by atomic mass is 10.1. The van der Waals surface area contributed by atoms with Crippen molar-refractivity contribution in [1.82, 2.24) is 29.9 Å². The molecule has 0 atom stereocenters. The fraction of sp³-hybridized carbons (Fsp3) is 0.0732. The third kappa shape index (κ3) is 10.8. The Bertz CT molecular complexity index is 2700. The molecule has 4 aromatic heterocycles. The number of carboxylic acids is 1. The quantitative estimate of drug-likeness (QED) is 0.102. The molecule has 21 heteroatoms. The molecule has 0 saturated heterocycles. The highest BCUT2D eigenvalue weighted by Gasteiger charge is 2.36. The van der Waals surface area contributed by atoms with Crippen molar-refractivity contribution < 1.29 is 54.2 Å². The lowest BCUT2D eigenvalue weighted by Crippen LogP contribution is -2.15. The number of pyridine rings is 2. The molecule has 0 aliphatic rings. The van der Waals surface area contributed by atoms with Crippen LogP contribution in [0.4, 0.5) is 68.2 Å². The topological polar surface area (TPSA) is 168 Å². The molecule has 0 aliphatic carbocycles. The molecule has 0 aliphatic heterocycles. The summed E-state index contributed by atoms with van der Waals surface area (Å²) in [5.74, 6) is -2.08. The Hall–Kier alpha value is -7.97. The van der Waals surface area contributed by atoms with Gasteiger partial charge in [0.2, 0.25) is 0 Å². The zero-order valence-corrected chi connectivity index (χ0v) is 31.1. The maximum absolute atomic E-state index is 13.7. The zero-order chi connectivity index (χ0) is 44.7. The number of aromatic nitrogens is 6. The molecule has 4 N–H and O–H groups in total. The zero-order valence-electron chi connectivity index (χ0n) is 31.1. The Morgan fingerprint density at radius 1 is 0.516 bits per heavy atom. The average molecular weight is 864 g/mol. The molecular formula is C41H26F9N9O3. The van der Waals surface area contributed by atoms with Gasteiger partial charge in [-0.1, -0.05) is 6.07 Å². The molecule has 0 saturated carbocycles. The summed E-state index contributed by atoms with van der Waals surface area (Å²) in [4.78, 5) is 47.7. The minimum absolute atomic E-state index is 0.0390. The second-order valence-corrected chi connectivity index (χ2v) is 12.6. The van der Waals surface area contributed by atoms with Crippen LogP contribution in [0.1, 0.15) is 37.4 Å². The summed E-state index contributed by atoms with van der Waals surface area (Å²) in [7, 11) is 0. The van der Waals surface area contributed by atoms with Gasteiger partial charge in [0.05, 0.1) is 45.0 Å². The third-order valence-corrected chi connectivity index (χ3v) is 8.44. The third-order valence-electron chi connectivity index (χ3n) is 8.44. The van der Waals surface area contributed by atoms with Crippen molar-refractivity contribution in [3.63, 3.8) is 0 Å². The molecule has 0 unspecified atom stereocenters. The van der Waals surface area contributed by atoms with Crippen LogP contribution < -0.4 is 16.0 Å². The van der Waals surface area contributed by atoms with Gasteiger partial charge in [0.25, 0.3) is 5.91 Å². The molecule has 3 aromatic carbocycles. The van der Waals surface area contributed by atoms with Crippen molar-refractivity contribution in [3.8, 4) is 22.5 Å². The number of nitrogens with one attached hydrogen (secondary N) is 3. The number of alkyl halides is 9. The van der Waals surface area contributed by atoms with Crippen LogP contribution >= 0.6 is 0 Å². The fourth-order valence-corrected chi connectivity index (χ4v) is 5.62. The van der Waals surface area contributed by atoms with Crippen molar-refractivity contribution in [2.24, 2.45) is 0 Å². The first-order valence-electron chi connectivity index (χ1n) is 17.5. The van der Waals surface area contributed by atoms with Crippen LogP contribution in [0.3, 0.4) is 0 Å². The number of halogens is 9. The van der Waals surface area contributed by atoms with E-state index in [9.17, 15) is 49.1 Å². The molecule has 0 spiro atoms. The normalized spacial score (nSPS) is 11.5. The first-order valence-corrected chi connectivity index (χ1v) is 17.5. The number of anilines is 5. The van der Waals surface area contributed by atoms with Crippen LogP contribution in [-0.2, 0) is 18.5 Å². The predicted molar refractivity (Wildman–Crippen MR) is 206 cm³/mol. The number of hydrogen-bond acceptors (Lipinski definition) is 10. The lowest BCUT2D eigenvalue weighted by molar-refractivity contribution is -0.138. The summed E-state index contributed by atoms with van der Waals surface area (Å²) in [5, 5.41) is 16.5. The second-order valence-electron chi connectivity index (χ2n) is 12.6. The number of aromatic carboxylic acids is 1. The molecule has 316 valence electrons. The summed E-state index contributed by atoms with van der Waals surface area (Å²) >= 11 is 0. The molecule has 7 aromatic rings. The summed E-state index contributed by atoms with van der Waals surface area (Å²) in [6.07, 6.45) is -5.78. The Balaban J connectivity index is 0.000000218. The van der Waals surface area contributed by atoms with Gasteiger partial charge in [-0.25, -0.2) is 34.7 Å². The van der Waals surface area contributed by atoms with Gasteiger partial charge in [-0.15, -0.1) is 0 Å². The number of amides is 1. The number of carbonyl (C=O) groups is 2. The van der Waals surface area contributed by atoms with Crippen LogP contribution in [-0.4, -0.2) is 46.9 Å².